The summed E-state index contributed by atoms with van der Waals surface area (Å²) in [6.07, 6.45) is 1.39. The molecule has 0 fully saturated rings. The zero-order valence-corrected chi connectivity index (χ0v) is 9.09. The first-order valence-corrected chi connectivity index (χ1v) is 4.76. The van der Waals surface area contributed by atoms with Crippen LogP contribution in [-0.2, 0) is 9.53 Å². The lowest BCUT2D eigenvalue weighted by Gasteiger charge is -2.09. The van der Waals surface area contributed by atoms with Crippen molar-refractivity contribution in [1.82, 2.24) is 10.6 Å². The Hall–Kier alpha value is -1.26. The second-order valence-electron chi connectivity index (χ2n) is 2.75. The highest BCUT2D eigenvalue weighted by molar-refractivity contribution is 5.80. The molecule has 0 amide bonds. The van der Waals surface area contributed by atoms with Gasteiger partial charge >= 0.3 is 5.97 Å². The second-order valence-corrected chi connectivity index (χ2v) is 2.75. The van der Waals surface area contributed by atoms with E-state index >= 15 is 0 Å². The van der Waals surface area contributed by atoms with Crippen molar-refractivity contribution < 1.29 is 9.53 Å². The SMILES string of the molecule is CCCNC(=NC)NCCC(=O)OC. The molecule has 14 heavy (non-hydrogen) atoms. The Labute approximate surface area is 84.9 Å². The fourth-order valence-electron chi connectivity index (χ4n) is 0.849. The number of esters is 1. The summed E-state index contributed by atoms with van der Waals surface area (Å²) >= 11 is 0. The van der Waals surface area contributed by atoms with Crippen LogP contribution in [0.15, 0.2) is 4.99 Å². The average Bonchev–Trinajstić information content (AvgIpc) is 2.22. The molecular weight excluding hydrogens is 182 g/mol. The number of nitrogens with zero attached hydrogens (tertiary/aromatic N) is 1. The number of hydrogen-bond donors (Lipinski definition) is 2. The molecule has 0 aliphatic heterocycles. The van der Waals surface area contributed by atoms with E-state index in [4.69, 9.17) is 0 Å². The standard InChI is InChI=1S/C9H19N3O2/c1-4-6-11-9(10-2)12-7-5-8(13)14-3/h4-7H2,1-3H3,(H2,10,11,12). The number of guanidine groups is 1. The average molecular weight is 201 g/mol. The number of aliphatic imine (C=N–C) groups is 1. The first-order valence-electron chi connectivity index (χ1n) is 4.76. The summed E-state index contributed by atoms with van der Waals surface area (Å²) in [6.45, 7) is 3.49. The van der Waals surface area contributed by atoms with E-state index in [-0.39, 0.29) is 5.97 Å². The molecule has 0 aliphatic carbocycles. The van der Waals surface area contributed by atoms with Crippen LogP contribution in [0.2, 0.25) is 0 Å². The van der Waals surface area contributed by atoms with Gasteiger partial charge in [0, 0.05) is 20.1 Å². The van der Waals surface area contributed by atoms with Gasteiger partial charge in [0.25, 0.3) is 0 Å². The Bertz CT molecular complexity index is 192. The Morgan fingerprint density at radius 1 is 1.36 bits per heavy atom. The fraction of sp³-hybridized carbons (Fsp3) is 0.778. The van der Waals surface area contributed by atoms with Gasteiger partial charge < -0.3 is 15.4 Å². The predicted molar refractivity (Wildman–Crippen MR) is 56.3 cm³/mol. The molecule has 0 spiro atoms. The third-order valence-corrected chi connectivity index (χ3v) is 1.62. The van der Waals surface area contributed by atoms with Crippen LogP contribution in [0.1, 0.15) is 19.8 Å². The highest BCUT2D eigenvalue weighted by atomic mass is 16.5. The van der Waals surface area contributed by atoms with Crippen molar-refractivity contribution in [3.63, 3.8) is 0 Å². The summed E-state index contributed by atoms with van der Waals surface area (Å²) in [5, 5.41) is 6.11. The predicted octanol–water partition coefficient (Wildman–Crippen LogP) is 0.125. The van der Waals surface area contributed by atoms with Gasteiger partial charge in [0.1, 0.15) is 0 Å². The lowest BCUT2D eigenvalue weighted by atomic mass is 10.4. The van der Waals surface area contributed by atoms with Gasteiger partial charge in [0.05, 0.1) is 13.5 Å². The number of rotatable bonds is 5. The summed E-state index contributed by atoms with van der Waals surface area (Å²) < 4.78 is 4.51. The number of hydrogen-bond acceptors (Lipinski definition) is 3. The topological polar surface area (TPSA) is 62.7 Å². The maximum Gasteiger partial charge on any atom is 0.307 e. The summed E-state index contributed by atoms with van der Waals surface area (Å²) in [5.74, 6) is 0.499. The third-order valence-electron chi connectivity index (χ3n) is 1.62. The largest absolute Gasteiger partial charge is 0.469 e. The number of ether oxygens (including phenoxy) is 1. The third kappa shape index (κ3) is 6.28. The zero-order chi connectivity index (χ0) is 10.8. The van der Waals surface area contributed by atoms with Crippen LogP contribution in [0.3, 0.4) is 0 Å². The molecule has 0 unspecified atom stereocenters. The maximum absolute atomic E-state index is 10.8. The minimum absolute atomic E-state index is 0.219. The molecule has 5 nitrogen and oxygen atoms in total. The van der Waals surface area contributed by atoms with Gasteiger partial charge in [0.2, 0.25) is 0 Å². The van der Waals surface area contributed by atoms with Gasteiger partial charge in [-0.15, -0.1) is 0 Å². The van der Waals surface area contributed by atoms with E-state index in [0.29, 0.717) is 13.0 Å². The molecule has 0 heterocycles. The van der Waals surface area contributed by atoms with Gasteiger partial charge in [0.15, 0.2) is 5.96 Å². The molecule has 5 heteroatoms. The molecule has 0 aromatic carbocycles. The highest BCUT2D eigenvalue weighted by Crippen LogP contribution is 1.81. The molecule has 0 saturated carbocycles. The van der Waals surface area contributed by atoms with E-state index in [1.54, 1.807) is 7.05 Å². The maximum atomic E-state index is 10.8. The van der Waals surface area contributed by atoms with Gasteiger partial charge in [-0.3, -0.25) is 9.79 Å². The monoisotopic (exact) mass is 201 g/mol. The fourth-order valence-corrected chi connectivity index (χ4v) is 0.849. The number of carbonyl (C=O) groups excluding carboxylic acids is 1. The number of carbonyl (C=O) groups is 1. The van der Waals surface area contributed by atoms with Crippen LogP contribution in [-0.4, -0.2) is 39.2 Å². The molecule has 0 aromatic rings. The number of nitrogens with one attached hydrogen (secondary N) is 2. The lowest BCUT2D eigenvalue weighted by molar-refractivity contribution is -0.140. The molecule has 82 valence electrons. The quantitative estimate of drug-likeness (QED) is 0.377. The first kappa shape index (κ1) is 12.7. The molecule has 0 saturated heterocycles. The van der Waals surface area contributed by atoms with Gasteiger partial charge in [-0.1, -0.05) is 6.92 Å². The van der Waals surface area contributed by atoms with Crippen molar-refractivity contribution in [2.24, 2.45) is 4.99 Å². The molecule has 2 N–H and O–H groups in total. The van der Waals surface area contributed by atoms with Crippen LogP contribution in [0.5, 0.6) is 0 Å². The summed E-state index contributed by atoms with van der Waals surface area (Å²) in [7, 11) is 3.08. The van der Waals surface area contributed by atoms with Gasteiger partial charge in [-0.25, -0.2) is 0 Å². The summed E-state index contributed by atoms with van der Waals surface area (Å²) in [6, 6.07) is 0. The van der Waals surface area contributed by atoms with Crippen molar-refractivity contribution in [3.8, 4) is 0 Å². The van der Waals surface area contributed by atoms with E-state index in [2.05, 4.69) is 27.3 Å². The minimum Gasteiger partial charge on any atom is -0.469 e. The van der Waals surface area contributed by atoms with Crippen LogP contribution in [0.25, 0.3) is 0 Å². The van der Waals surface area contributed by atoms with Gasteiger partial charge in [-0.2, -0.15) is 0 Å². The molecule has 0 aromatic heterocycles. The molecule has 0 aliphatic rings. The first-order chi connectivity index (χ1) is 6.74. The van der Waals surface area contributed by atoms with Crippen molar-refractivity contribution in [2.75, 3.05) is 27.2 Å². The summed E-state index contributed by atoms with van der Waals surface area (Å²) in [5.41, 5.74) is 0. The highest BCUT2D eigenvalue weighted by Gasteiger charge is 2.00. The zero-order valence-electron chi connectivity index (χ0n) is 9.09. The molecular formula is C9H19N3O2. The molecule has 0 rings (SSSR count). The van der Waals surface area contributed by atoms with Crippen LogP contribution in [0, 0.1) is 0 Å². The Kier molecular flexibility index (Phi) is 7.59. The number of methoxy groups -OCH3 is 1. The van der Waals surface area contributed by atoms with Crippen molar-refractivity contribution >= 4 is 11.9 Å². The lowest BCUT2D eigenvalue weighted by Crippen LogP contribution is -2.38. The van der Waals surface area contributed by atoms with Crippen LogP contribution in [0.4, 0.5) is 0 Å². The van der Waals surface area contributed by atoms with Gasteiger partial charge in [-0.05, 0) is 6.42 Å². The Balaban J connectivity index is 3.58. The van der Waals surface area contributed by atoms with Crippen LogP contribution >= 0.6 is 0 Å². The molecule has 0 bridgehead atoms. The minimum atomic E-state index is -0.219. The molecule has 0 radical (unpaired) electrons. The van der Waals surface area contributed by atoms with E-state index in [9.17, 15) is 4.79 Å². The Morgan fingerprint density at radius 3 is 2.50 bits per heavy atom. The van der Waals surface area contributed by atoms with E-state index in [1.165, 1.54) is 7.11 Å². The van der Waals surface area contributed by atoms with Crippen molar-refractivity contribution in [3.05, 3.63) is 0 Å². The van der Waals surface area contributed by atoms with E-state index in [1.807, 2.05) is 0 Å². The van der Waals surface area contributed by atoms with Crippen LogP contribution < -0.4 is 10.6 Å². The molecule has 0 atom stereocenters. The normalized spacial score (nSPS) is 10.9. The van der Waals surface area contributed by atoms with Crippen molar-refractivity contribution in [2.45, 2.75) is 19.8 Å². The smallest absolute Gasteiger partial charge is 0.307 e. The van der Waals surface area contributed by atoms with Crippen molar-refractivity contribution in [1.29, 1.82) is 0 Å². The summed E-state index contributed by atoms with van der Waals surface area (Å²) in [4.78, 5) is 14.8. The van der Waals surface area contributed by atoms with E-state index in [0.717, 1.165) is 18.9 Å². The van der Waals surface area contributed by atoms with E-state index < -0.39 is 0 Å². The second kappa shape index (κ2) is 8.34. The Morgan fingerprint density at radius 2 is 2.00 bits per heavy atom.